The van der Waals surface area contributed by atoms with Crippen LogP contribution >= 0.6 is 0 Å². The molecule has 0 saturated carbocycles. The van der Waals surface area contributed by atoms with Crippen molar-refractivity contribution >= 4 is 27.1 Å². The highest BCUT2D eigenvalue weighted by Crippen LogP contribution is 2.29. The molecule has 0 bridgehead atoms. The lowest BCUT2D eigenvalue weighted by Gasteiger charge is -2.37. The van der Waals surface area contributed by atoms with Crippen molar-refractivity contribution in [2.75, 3.05) is 68.5 Å². The summed E-state index contributed by atoms with van der Waals surface area (Å²) in [6.07, 6.45) is 1.09. The molecular formula is C23H24F2N4O4S. The third-order valence-electron chi connectivity index (χ3n) is 6.01. The van der Waals surface area contributed by atoms with Crippen LogP contribution in [0.4, 0.5) is 20.2 Å². The average Bonchev–Trinajstić information content (AvgIpc) is 2.83. The van der Waals surface area contributed by atoms with Gasteiger partial charge in [0, 0.05) is 51.2 Å². The van der Waals surface area contributed by atoms with E-state index < -0.39 is 21.5 Å². The number of ether oxygens (including phenoxy) is 1. The first-order valence-corrected chi connectivity index (χ1v) is 12.7. The van der Waals surface area contributed by atoms with E-state index in [0.717, 1.165) is 18.4 Å². The Morgan fingerprint density at radius 2 is 1.59 bits per heavy atom. The maximum Gasteiger partial charge on any atom is 0.256 e. The van der Waals surface area contributed by atoms with Gasteiger partial charge in [0.2, 0.25) is 0 Å². The first kappa shape index (κ1) is 23.9. The Morgan fingerprint density at radius 1 is 0.971 bits per heavy atom. The van der Waals surface area contributed by atoms with Crippen molar-refractivity contribution in [3.63, 3.8) is 0 Å². The Kier molecular flexibility index (Phi) is 6.72. The first-order valence-electron chi connectivity index (χ1n) is 10.8. The molecule has 2 aromatic rings. The lowest BCUT2D eigenvalue weighted by atomic mass is 10.1. The van der Waals surface area contributed by atoms with Crippen LogP contribution in [0.3, 0.4) is 0 Å². The number of nitriles is 1. The van der Waals surface area contributed by atoms with E-state index in [1.165, 1.54) is 17.0 Å². The molecule has 8 nitrogen and oxygen atoms in total. The van der Waals surface area contributed by atoms with Crippen molar-refractivity contribution in [3.8, 4) is 6.07 Å². The van der Waals surface area contributed by atoms with Crippen LogP contribution in [0.15, 0.2) is 35.2 Å². The number of hydrogen-bond acceptors (Lipinski definition) is 7. The van der Waals surface area contributed by atoms with Crippen LogP contribution in [0.1, 0.15) is 15.9 Å². The van der Waals surface area contributed by atoms with E-state index in [1.807, 2.05) is 4.90 Å². The molecule has 2 saturated heterocycles. The number of nitrogens with zero attached hydrogens (tertiary/aromatic N) is 4. The quantitative estimate of drug-likeness (QED) is 0.648. The van der Waals surface area contributed by atoms with Gasteiger partial charge in [-0.2, -0.15) is 5.26 Å². The molecule has 4 rings (SSSR count). The molecule has 180 valence electrons. The molecule has 34 heavy (non-hydrogen) atoms. The monoisotopic (exact) mass is 490 g/mol. The molecule has 2 aromatic carbocycles. The summed E-state index contributed by atoms with van der Waals surface area (Å²) in [5, 5.41) is 8.89. The number of amides is 1. The van der Waals surface area contributed by atoms with Gasteiger partial charge in [0.05, 0.1) is 35.3 Å². The second kappa shape index (κ2) is 9.56. The Balaban J connectivity index is 1.57. The second-order valence-electron chi connectivity index (χ2n) is 8.23. The maximum absolute atomic E-state index is 14.4. The highest BCUT2D eigenvalue weighted by Gasteiger charge is 2.29. The highest BCUT2D eigenvalue weighted by molar-refractivity contribution is 7.90. The smallest absolute Gasteiger partial charge is 0.256 e. The summed E-state index contributed by atoms with van der Waals surface area (Å²) in [5.74, 6) is -1.99. The largest absolute Gasteiger partial charge is 0.378 e. The molecule has 2 heterocycles. The summed E-state index contributed by atoms with van der Waals surface area (Å²) in [4.78, 5) is 18.6. The molecule has 0 aromatic heterocycles. The minimum Gasteiger partial charge on any atom is -0.378 e. The Bertz CT molecular complexity index is 1230. The SMILES string of the molecule is CS(=O)(=O)c1ccc(N2CCOCC2)c(C(=O)N2CCN(c3c(F)cc(C#N)cc3F)CC2)c1. The van der Waals surface area contributed by atoms with E-state index >= 15 is 0 Å². The molecule has 2 fully saturated rings. The fourth-order valence-corrected chi connectivity index (χ4v) is 4.88. The van der Waals surface area contributed by atoms with Crippen LogP contribution in [0.25, 0.3) is 0 Å². The molecule has 0 atom stereocenters. The van der Waals surface area contributed by atoms with Crippen molar-refractivity contribution in [1.29, 1.82) is 5.26 Å². The average molecular weight is 491 g/mol. The van der Waals surface area contributed by atoms with Crippen molar-refractivity contribution in [2.45, 2.75) is 4.90 Å². The number of benzene rings is 2. The molecule has 0 radical (unpaired) electrons. The van der Waals surface area contributed by atoms with Crippen LogP contribution in [0.2, 0.25) is 0 Å². The minimum absolute atomic E-state index is 0.0493. The third-order valence-corrected chi connectivity index (χ3v) is 7.12. The zero-order valence-electron chi connectivity index (χ0n) is 18.6. The van der Waals surface area contributed by atoms with Crippen LogP contribution < -0.4 is 9.80 Å². The summed E-state index contributed by atoms with van der Waals surface area (Å²) >= 11 is 0. The summed E-state index contributed by atoms with van der Waals surface area (Å²) in [6.45, 7) is 2.91. The number of anilines is 2. The summed E-state index contributed by atoms with van der Waals surface area (Å²) in [6, 6.07) is 8.23. The number of morpholine rings is 1. The lowest BCUT2D eigenvalue weighted by molar-refractivity contribution is 0.0745. The van der Waals surface area contributed by atoms with Crippen molar-refractivity contribution in [3.05, 3.63) is 53.1 Å². The molecule has 0 spiro atoms. The van der Waals surface area contributed by atoms with Gasteiger partial charge in [-0.3, -0.25) is 4.79 Å². The molecule has 11 heteroatoms. The second-order valence-corrected chi connectivity index (χ2v) is 10.2. The van der Waals surface area contributed by atoms with Crippen LogP contribution in [-0.2, 0) is 14.6 Å². The van der Waals surface area contributed by atoms with E-state index in [-0.39, 0.29) is 53.8 Å². The van der Waals surface area contributed by atoms with Gasteiger partial charge in [-0.25, -0.2) is 17.2 Å². The number of hydrogen-bond donors (Lipinski definition) is 0. The summed E-state index contributed by atoms with van der Waals surface area (Å²) in [5.41, 5.74) is 0.578. The number of carbonyl (C=O) groups is 1. The standard InChI is InChI=1S/C23H24F2N4O4S/c1-34(31,32)17-2-3-21(27-8-10-33-11-9-27)18(14-17)23(30)29-6-4-28(5-7-29)22-19(24)12-16(15-26)13-20(22)25/h2-3,12-14H,4-11H2,1H3. The fraction of sp³-hybridized carbons (Fsp3) is 0.391. The predicted molar refractivity (Wildman–Crippen MR) is 122 cm³/mol. The Morgan fingerprint density at radius 3 is 2.15 bits per heavy atom. The first-order chi connectivity index (χ1) is 16.2. The van der Waals surface area contributed by atoms with E-state index in [9.17, 15) is 22.0 Å². The van der Waals surface area contributed by atoms with Gasteiger partial charge in [-0.1, -0.05) is 0 Å². The molecule has 2 aliphatic heterocycles. The number of halogens is 2. The Labute approximate surface area is 196 Å². The van der Waals surface area contributed by atoms with Gasteiger partial charge in [-0.15, -0.1) is 0 Å². The number of carbonyl (C=O) groups excluding carboxylic acids is 1. The predicted octanol–water partition coefficient (Wildman–Crippen LogP) is 2.04. The van der Waals surface area contributed by atoms with Crippen molar-refractivity contribution in [1.82, 2.24) is 4.90 Å². The number of sulfone groups is 1. The normalized spacial score (nSPS) is 16.9. The maximum atomic E-state index is 14.4. The van der Waals surface area contributed by atoms with Crippen molar-refractivity contribution < 1.29 is 26.7 Å². The van der Waals surface area contributed by atoms with Gasteiger partial charge >= 0.3 is 0 Å². The molecule has 1 amide bonds. The van der Waals surface area contributed by atoms with Gasteiger partial charge in [0.25, 0.3) is 5.91 Å². The lowest BCUT2D eigenvalue weighted by Crippen LogP contribution is -2.49. The van der Waals surface area contributed by atoms with Crippen LogP contribution in [-0.4, -0.2) is 78.0 Å². The van der Waals surface area contributed by atoms with Gasteiger partial charge < -0.3 is 19.4 Å². The van der Waals surface area contributed by atoms with E-state index in [4.69, 9.17) is 10.00 Å². The van der Waals surface area contributed by atoms with Crippen LogP contribution in [0.5, 0.6) is 0 Å². The van der Waals surface area contributed by atoms with Gasteiger partial charge in [-0.05, 0) is 30.3 Å². The third kappa shape index (κ3) is 4.83. The van der Waals surface area contributed by atoms with E-state index in [2.05, 4.69) is 0 Å². The van der Waals surface area contributed by atoms with Gasteiger partial charge in [0.1, 0.15) is 5.69 Å². The van der Waals surface area contributed by atoms with E-state index in [0.29, 0.717) is 32.0 Å². The number of piperazine rings is 1. The van der Waals surface area contributed by atoms with Gasteiger partial charge in [0.15, 0.2) is 21.5 Å². The zero-order valence-corrected chi connectivity index (χ0v) is 19.4. The topological polar surface area (TPSA) is 93.9 Å². The molecular weight excluding hydrogens is 466 g/mol. The molecule has 0 aliphatic carbocycles. The summed E-state index contributed by atoms with van der Waals surface area (Å²) in [7, 11) is -3.53. The highest BCUT2D eigenvalue weighted by atomic mass is 32.2. The summed E-state index contributed by atoms with van der Waals surface area (Å²) < 4.78 is 58.5. The minimum atomic E-state index is -3.53. The molecule has 2 aliphatic rings. The van der Waals surface area contributed by atoms with E-state index in [1.54, 1.807) is 17.0 Å². The van der Waals surface area contributed by atoms with Crippen molar-refractivity contribution in [2.24, 2.45) is 0 Å². The molecule has 0 unspecified atom stereocenters. The van der Waals surface area contributed by atoms with Crippen LogP contribution in [0, 0.1) is 23.0 Å². The zero-order chi connectivity index (χ0) is 24.5. The molecule has 0 N–H and O–H groups in total. The Hall–Kier alpha value is -3.23. The fourth-order valence-electron chi connectivity index (χ4n) is 4.23. The number of rotatable bonds is 4.